The molecule has 1 aromatic rings. The SMILES string of the molecule is CC(C)CC(CN)CC(=O)Nc1cccc(Br)c1. The highest BCUT2D eigenvalue weighted by Gasteiger charge is 2.14. The van der Waals surface area contributed by atoms with Crippen LogP contribution in [0.5, 0.6) is 0 Å². The van der Waals surface area contributed by atoms with Gasteiger partial charge in [-0.3, -0.25) is 4.79 Å². The second-order valence-electron chi connectivity index (χ2n) is 4.99. The lowest BCUT2D eigenvalue weighted by Crippen LogP contribution is -2.23. The molecule has 18 heavy (non-hydrogen) atoms. The predicted octanol–water partition coefficient (Wildman–Crippen LogP) is 3.40. The second-order valence-corrected chi connectivity index (χ2v) is 5.91. The van der Waals surface area contributed by atoms with Gasteiger partial charge in [0.1, 0.15) is 0 Å². The first-order chi connectivity index (χ1) is 8.51. The number of rotatable bonds is 6. The number of nitrogens with one attached hydrogen (secondary N) is 1. The van der Waals surface area contributed by atoms with Crippen molar-refractivity contribution in [2.45, 2.75) is 26.7 Å². The Labute approximate surface area is 117 Å². The predicted molar refractivity (Wildman–Crippen MR) is 79.4 cm³/mol. The van der Waals surface area contributed by atoms with Crippen LogP contribution in [0, 0.1) is 11.8 Å². The first-order valence-corrected chi connectivity index (χ1v) is 7.06. The number of amides is 1. The highest BCUT2D eigenvalue weighted by molar-refractivity contribution is 9.10. The van der Waals surface area contributed by atoms with Gasteiger partial charge in [0.05, 0.1) is 0 Å². The number of hydrogen-bond acceptors (Lipinski definition) is 2. The summed E-state index contributed by atoms with van der Waals surface area (Å²) in [7, 11) is 0. The van der Waals surface area contributed by atoms with Crippen LogP contribution in [0.2, 0.25) is 0 Å². The third-order valence-electron chi connectivity index (χ3n) is 2.72. The molecular formula is C14H21BrN2O. The Hall–Kier alpha value is -0.870. The van der Waals surface area contributed by atoms with E-state index in [1.165, 1.54) is 0 Å². The summed E-state index contributed by atoms with van der Waals surface area (Å²) in [5.74, 6) is 0.860. The topological polar surface area (TPSA) is 55.1 Å². The van der Waals surface area contributed by atoms with Gasteiger partial charge in [0.2, 0.25) is 5.91 Å². The van der Waals surface area contributed by atoms with Crippen molar-refractivity contribution < 1.29 is 4.79 Å². The summed E-state index contributed by atoms with van der Waals surface area (Å²) in [6, 6.07) is 7.59. The van der Waals surface area contributed by atoms with E-state index in [4.69, 9.17) is 5.73 Å². The van der Waals surface area contributed by atoms with Crippen LogP contribution in [-0.4, -0.2) is 12.5 Å². The molecular weight excluding hydrogens is 292 g/mol. The third kappa shape index (κ3) is 5.65. The van der Waals surface area contributed by atoms with Gasteiger partial charge in [-0.15, -0.1) is 0 Å². The van der Waals surface area contributed by atoms with Gasteiger partial charge in [0.15, 0.2) is 0 Å². The third-order valence-corrected chi connectivity index (χ3v) is 3.21. The largest absolute Gasteiger partial charge is 0.330 e. The maximum atomic E-state index is 11.9. The van der Waals surface area contributed by atoms with Crippen molar-refractivity contribution in [3.8, 4) is 0 Å². The Morgan fingerprint density at radius 3 is 2.72 bits per heavy atom. The highest BCUT2D eigenvalue weighted by atomic mass is 79.9. The summed E-state index contributed by atoms with van der Waals surface area (Å²) in [5.41, 5.74) is 6.51. The zero-order valence-corrected chi connectivity index (χ0v) is 12.5. The van der Waals surface area contributed by atoms with E-state index in [-0.39, 0.29) is 11.8 Å². The van der Waals surface area contributed by atoms with Gasteiger partial charge in [-0.2, -0.15) is 0 Å². The molecule has 0 radical (unpaired) electrons. The molecule has 1 aromatic carbocycles. The van der Waals surface area contributed by atoms with Gasteiger partial charge >= 0.3 is 0 Å². The molecule has 3 nitrogen and oxygen atoms in total. The van der Waals surface area contributed by atoms with Crippen molar-refractivity contribution in [1.82, 2.24) is 0 Å². The van der Waals surface area contributed by atoms with Crippen molar-refractivity contribution in [1.29, 1.82) is 0 Å². The fraction of sp³-hybridized carbons (Fsp3) is 0.500. The van der Waals surface area contributed by atoms with Gasteiger partial charge < -0.3 is 11.1 Å². The van der Waals surface area contributed by atoms with E-state index in [9.17, 15) is 4.79 Å². The Morgan fingerprint density at radius 2 is 2.17 bits per heavy atom. The van der Waals surface area contributed by atoms with Crippen LogP contribution in [0.3, 0.4) is 0 Å². The molecule has 0 aliphatic carbocycles. The number of benzene rings is 1. The van der Waals surface area contributed by atoms with Crippen molar-refractivity contribution in [3.63, 3.8) is 0 Å². The zero-order chi connectivity index (χ0) is 13.5. The minimum absolute atomic E-state index is 0.0317. The molecule has 1 rings (SSSR count). The number of anilines is 1. The van der Waals surface area contributed by atoms with E-state index in [0.29, 0.717) is 18.9 Å². The number of carbonyl (C=O) groups is 1. The minimum atomic E-state index is 0.0317. The van der Waals surface area contributed by atoms with Gasteiger partial charge in [-0.1, -0.05) is 35.8 Å². The summed E-state index contributed by atoms with van der Waals surface area (Å²) < 4.78 is 0.956. The summed E-state index contributed by atoms with van der Waals surface area (Å²) in [6.45, 7) is 4.85. The monoisotopic (exact) mass is 312 g/mol. The molecule has 1 amide bonds. The lowest BCUT2D eigenvalue weighted by Gasteiger charge is -2.16. The van der Waals surface area contributed by atoms with E-state index < -0.39 is 0 Å². The molecule has 0 aromatic heterocycles. The van der Waals surface area contributed by atoms with Crippen LogP contribution in [0.25, 0.3) is 0 Å². The van der Waals surface area contributed by atoms with E-state index in [2.05, 4.69) is 35.1 Å². The molecule has 0 heterocycles. The van der Waals surface area contributed by atoms with Crippen LogP contribution in [0.4, 0.5) is 5.69 Å². The fourth-order valence-corrected chi connectivity index (χ4v) is 2.37. The Balaban J connectivity index is 2.50. The summed E-state index contributed by atoms with van der Waals surface area (Å²) >= 11 is 3.38. The number of carbonyl (C=O) groups excluding carboxylic acids is 1. The van der Waals surface area contributed by atoms with Crippen LogP contribution in [-0.2, 0) is 4.79 Å². The first-order valence-electron chi connectivity index (χ1n) is 6.26. The van der Waals surface area contributed by atoms with Crippen LogP contribution >= 0.6 is 15.9 Å². The summed E-state index contributed by atoms with van der Waals surface area (Å²) in [5, 5.41) is 2.90. The van der Waals surface area contributed by atoms with Crippen LogP contribution < -0.4 is 11.1 Å². The van der Waals surface area contributed by atoms with Crippen LogP contribution in [0.15, 0.2) is 28.7 Å². The quantitative estimate of drug-likeness (QED) is 0.846. The standard InChI is InChI=1S/C14H21BrN2O/c1-10(2)6-11(9-16)7-14(18)17-13-5-3-4-12(15)8-13/h3-5,8,10-11H,6-7,9,16H2,1-2H3,(H,17,18). The van der Waals surface area contributed by atoms with E-state index in [1.54, 1.807) is 0 Å². The Morgan fingerprint density at radius 1 is 1.44 bits per heavy atom. The lowest BCUT2D eigenvalue weighted by atomic mass is 9.94. The maximum absolute atomic E-state index is 11.9. The second kappa shape index (κ2) is 7.54. The molecule has 1 atom stereocenters. The molecule has 0 bridgehead atoms. The molecule has 1 unspecified atom stereocenters. The van der Waals surface area contributed by atoms with Crippen molar-refractivity contribution in [2.24, 2.45) is 17.6 Å². The Kier molecular flexibility index (Phi) is 6.36. The van der Waals surface area contributed by atoms with E-state index in [1.807, 2.05) is 24.3 Å². The van der Waals surface area contributed by atoms with Gasteiger partial charge in [-0.05, 0) is 43.0 Å². The molecule has 0 fully saturated rings. The fourth-order valence-electron chi connectivity index (χ4n) is 1.97. The van der Waals surface area contributed by atoms with Gasteiger partial charge in [-0.25, -0.2) is 0 Å². The molecule has 0 spiro atoms. The molecule has 0 saturated heterocycles. The molecule has 4 heteroatoms. The van der Waals surface area contributed by atoms with Crippen molar-refractivity contribution in [3.05, 3.63) is 28.7 Å². The molecule has 100 valence electrons. The van der Waals surface area contributed by atoms with Crippen molar-refractivity contribution in [2.75, 3.05) is 11.9 Å². The number of hydrogen-bond donors (Lipinski definition) is 2. The zero-order valence-electron chi connectivity index (χ0n) is 10.9. The molecule has 0 aliphatic heterocycles. The molecule has 3 N–H and O–H groups in total. The van der Waals surface area contributed by atoms with E-state index >= 15 is 0 Å². The molecule has 0 saturated carbocycles. The highest BCUT2D eigenvalue weighted by Crippen LogP contribution is 2.18. The average molecular weight is 313 g/mol. The first kappa shape index (κ1) is 15.2. The normalized spacial score (nSPS) is 12.5. The summed E-state index contributed by atoms with van der Waals surface area (Å²) in [4.78, 5) is 11.9. The van der Waals surface area contributed by atoms with E-state index in [0.717, 1.165) is 16.6 Å². The number of halogens is 1. The Bertz CT molecular complexity index is 393. The number of nitrogens with two attached hydrogens (primary N) is 1. The smallest absolute Gasteiger partial charge is 0.224 e. The lowest BCUT2D eigenvalue weighted by molar-refractivity contribution is -0.117. The molecule has 0 aliphatic rings. The average Bonchev–Trinajstić information content (AvgIpc) is 2.27. The summed E-state index contributed by atoms with van der Waals surface area (Å²) in [6.07, 6.45) is 1.48. The maximum Gasteiger partial charge on any atom is 0.224 e. The van der Waals surface area contributed by atoms with Gasteiger partial charge in [0.25, 0.3) is 0 Å². The van der Waals surface area contributed by atoms with Crippen molar-refractivity contribution >= 4 is 27.5 Å². The van der Waals surface area contributed by atoms with Crippen LogP contribution in [0.1, 0.15) is 26.7 Å². The minimum Gasteiger partial charge on any atom is -0.330 e. The van der Waals surface area contributed by atoms with Gasteiger partial charge in [0, 0.05) is 16.6 Å².